The Morgan fingerprint density at radius 3 is 2.50 bits per heavy atom. The Bertz CT molecular complexity index is 612. The highest BCUT2D eigenvalue weighted by Crippen LogP contribution is 2.32. The molecule has 1 saturated heterocycles. The average molecular weight is 286 g/mol. The summed E-state index contributed by atoms with van der Waals surface area (Å²) in [6.45, 7) is 0.0155. The van der Waals surface area contributed by atoms with E-state index in [2.05, 4.69) is 5.92 Å². The number of amides is 2. The van der Waals surface area contributed by atoms with Crippen LogP contribution in [0.4, 0.5) is 10.5 Å². The lowest BCUT2D eigenvalue weighted by Crippen LogP contribution is -2.28. The van der Waals surface area contributed by atoms with Crippen molar-refractivity contribution in [1.82, 2.24) is 4.90 Å². The zero-order chi connectivity index (χ0) is 14.7. The number of hydrogen-bond acceptors (Lipinski definition) is 4. The molecule has 0 N–H and O–H groups in total. The first-order chi connectivity index (χ1) is 9.52. The summed E-state index contributed by atoms with van der Waals surface area (Å²) in [6, 6.07) is 7.73. The minimum absolute atomic E-state index is 0.0155. The van der Waals surface area contributed by atoms with Gasteiger partial charge in [-0.25, -0.2) is 0 Å². The normalized spacial score (nSPS) is 16.6. The maximum Gasteiger partial charge on any atom is 0.294 e. The van der Waals surface area contributed by atoms with Gasteiger partial charge < -0.3 is 4.90 Å². The third-order valence-electron chi connectivity index (χ3n) is 2.83. The summed E-state index contributed by atoms with van der Waals surface area (Å²) in [4.78, 5) is 27.1. The summed E-state index contributed by atoms with van der Waals surface area (Å²) in [5.41, 5.74) is 1.95. The van der Waals surface area contributed by atoms with Gasteiger partial charge in [0.15, 0.2) is 0 Å². The molecule has 1 fully saturated rings. The highest BCUT2D eigenvalue weighted by Gasteiger charge is 2.34. The maximum atomic E-state index is 12.0. The minimum atomic E-state index is -0.324. The van der Waals surface area contributed by atoms with E-state index in [0.29, 0.717) is 4.91 Å². The van der Waals surface area contributed by atoms with Gasteiger partial charge in [-0.05, 0) is 35.5 Å². The van der Waals surface area contributed by atoms with Crippen LogP contribution in [0.2, 0.25) is 0 Å². The van der Waals surface area contributed by atoms with Gasteiger partial charge in [0.2, 0.25) is 0 Å². The Balaban J connectivity index is 2.22. The molecule has 0 aromatic heterocycles. The first kappa shape index (κ1) is 14.2. The van der Waals surface area contributed by atoms with E-state index in [1.807, 2.05) is 43.3 Å². The van der Waals surface area contributed by atoms with E-state index in [0.717, 1.165) is 27.9 Å². The first-order valence-electron chi connectivity index (χ1n) is 5.99. The summed E-state index contributed by atoms with van der Waals surface area (Å²) < 4.78 is 0. The molecule has 2 rings (SSSR count). The van der Waals surface area contributed by atoms with Crippen molar-refractivity contribution in [2.75, 3.05) is 25.5 Å². The lowest BCUT2D eigenvalue weighted by Gasteiger charge is -2.11. The number of carbonyl (C=O) groups excluding carboxylic acids is 2. The molecule has 20 heavy (non-hydrogen) atoms. The van der Waals surface area contributed by atoms with Crippen LogP contribution in [0, 0.1) is 12.3 Å². The molecule has 1 aromatic carbocycles. The molecule has 0 atom stereocenters. The van der Waals surface area contributed by atoms with E-state index < -0.39 is 0 Å². The Labute approximate surface area is 122 Å². The zero-order valence-electron chi connectivity index (χ0n) is 11.3. The highest BCUT2D eigenvalue weighted by atomic mass is 32.2. The molecule has 0 saturated carbocycles. The van der Waals surface area contributed by atoms with Crippen LogP contribution in [-0.2, 0) is 4.79 Å². The van der Waals surface area contributed by atoms with E-state index in [-0.39, 0.29) is 17.7 Å². The Morgan fingerprint density at radius 1 is 1.30 bits per heavy atom. The van der Waals surface area contributed by atoms with Crippen molar-refractivity contribution < 1.29 is 9.59 Å². The van der Waals surface area contributed by atoms with Gasteiger partial charge in [-0.3, -0.25) is 14.5 Å². The molecule has 4 nitrogen and oxygen atoms in total. The Kier molecular flexibility index (Phi) is 4.16. The Morgan fingerprint density at radius 2 is 1.95 bits per heavy atom. The van der Waals surface area contributed by atoms with Gasteiger partial charge in [0, 0.05) is 19.8 Å². The van der Waals surface area contributed by atoms with Gasteiger partial charge in [0.25, 0.3) is 11.1 Å². The molecule has 2 amide bonds. The fraction of sp³-hybridized carbons (Fsp3) is 0.200. The quantitative estimate of drug-likeness (QED) is 0.632. The third kappa shape index (κ3) is 2.86. The fourth-order valence-corrected chi connectivity index (χ4v) is 2.59. The number of terminal acetylenes is 1. The number of benzene rings is 1. The van der Waals surface area contributed by atoms with Gasteiger partial charge in [-0.2, -0.15) is 0 Å². The van der Waals surface area contributed by atoms with E-state index in [9.17, 15) is 9.59 Å². The van der Waals surface area contributed by atoms with Crippen LogP contribution in [0.15, 0.2) is 29.2 Å². The van der Waals surface area contributed by atoms with Crippen molar-refractivity contribution in [3.63, 3.8) is 0 Å². The zero-order valence-corrected chi connectivity index (χ0v) is 12.1. The second kappa shape index (κ2) is 5.85. The van der Waals surface area contributed by atoms with Crippen molar-refractivity contribution in [2.45, 2.75) is 0 Å². The first-order valence-corrected chi connectivity index (χ1v) is 6.81. The van der Waals surface area contributed by atoms with Gasteiger partial charge in [0.05, 0.1) is 11.4 Å². The molecular weight excluding hydrogens is 272 g/mol. The predicted molar refractivity (Wildman–Crippen MR) is 82.3 cm³/mol. The number of imide groups is 1. The van der Waals surface area contributed by atoms with Crippen LogP contribution in [0.5, 0.6) is 0 Å². The molecule has 0 bridgehead atoms. The molecule has 1 aliphatic heterocycles. The van der Waals surface area contributed by atoms with Crippen molar-refractivity contribution >= 4 is 34.7 Å². The molecule has 0 radical (unpaired) electrons. The summed E-state index contributed by atoms with van der Waals surface area (Å²) in [6.07, 6.45) is 6.86. The SMILES string of the molecule is C#CCN1C(=O)S/C(=C/c2ccc(N(C)C)cc2)C1=O. The standard InChI is InChI=1S/C15H14N2O2S/c1-4-9-17-14(18)13(20-15(17)19)10-11-5-7-12(8-6-11)16(2)3/h1,5-8,10H,9H2,2-3H3/b13-10+. The molecule has 1 aromatic rings. The number of nitrogens with zero attached hydrogens (tertiary/aromatic N) is 2. The molecule has 0 spiro atoms. The van der Waals surface area contributed by atoms with Crippen LogP contribution in [0.25, 0.3) is 6.08 Å². The van der Waals surface area contributed by atoms with Crippen molar-refractivity contribution in [3.8, 4) is 12.3 Å². The fourth-order valence-electron chi connectivity index (χ4n) is 1.75. The molecule has 1 aliphatic rings. The van der Waals surface area contributed by atoms with Crippen molar-refractivity contribution in [1.29, 1.82) is 0 Å². The number of carbonyl (C=O) groups is 2. The number of anilines is 1. The van der Waals surface area contributed by atoms with Crippen molar-refractivity contribution in [2.24, 2.45) is 0 Å². The summed E-state index contributed by atoms with van der Waals surface area (Å²) >= 11 is 0.920. The van der Waals surface area contributed by atoms with E-state index in [1.54, 1.807) is 6.08 Å². The Hall–Kier alpha value is -2.19. The van der Waals surface area contributed by atoms with E-state index in [1.165, 1.54) is 0 Å². The number of hydrogen-bond donors (Lipinski definition) is 0. The van der Waals surface area contributed by atoms with Gasteiger partial charge in [-0.15, -0.1) is 6.42 Å². The third-order valence-corrected chi connectivity index (χ3v) is 3.74. The molecule has 0 unspecified atom stereocenters. The van der Waals surface area contributed by atoms with Crippen LogP contribution < -0.4 is 4.90 Å². The minimum Gasteiger partial charge on any atom is -0.378 e. The van der Waals surface area contributed by atoms with E-state index >= 15 is 0 Å². The number of thioether (sulfide) groups is 1. The summed E-state index contributed by atoms with van der Waals surface area (Å²) in [7, 11) is 3.92. The summed E-state index contributed by atoms with van der Waals surface area (Å²) in [5, 5.41) is -0.316. The maximum absolute atomic E-state index is 12.0. The lowest BCUT2D eigenvalue weighted by molar-refractivity contribution is -0.122. The second-order valence-corrected chi connectivity index (χ2v) is 5.45. The van der Waals surface area contributed by atoms with Crippen molar-refractivity contribution in [3.05, 3.63) is 34.7 Å². The predicted octanol–water partition coefficient (Wildman–Crippen LogP) is 2.42. The van der Waals surface area contributed by atoms with Gasteiger partial charge in [-0.1, -0.05) is 18.1 Å². The second-order valence-electron chi connectivity index (χ2n) is 4.46. The smallest absolute Gasteiger partial charge is 0.294 e. The molecule has 5 heteroatoms. The number of rotatable bonds is 3. The van der Waals surface area contributed by atoms with Crippen LogP contribution in [-0.4, -0.2) is 36.7 Å². The molecule has 102 valence electrons. The van der Waals surface area contributed by atoms with Gasteiger partial charge in [0.1, 0.15) is 0 Å². The summed E-state index contributed by atoms with van der Waals surface area (Å²) in [5.74, 6) is 1.99. The lowest BCUT2D eigenvalue weighted by atomic mass is 10.2. The monoisotopic (exact) mass is 286 g/mol. The topological polar surface area (TPSA) is 40.6 Å². The molecule has 0 aliphatic carbocycles. The van der Waals surface area contributed by atoms with Crippen LogP contribution >= 0.6 is 11.8 Å². The highest BCUT2D eigenvalue weighted by molar-refractivity contribution is 8.18. The molecule has 1 heterocycles. The average Bonchev–Trinajstić information content (AvgIpc) is 2.67. The largest absolute Gasteiger partial charge is 0.378 e. The van der Waals surface area contributed by atoms with E-state index in [4.69, 9.17) is 6.42 Å². The van der Waals surface area contributed by atoms with Crippen LogP contribution in [0.1, 0.15) is 5.56 Å². The van der Waals surface area contributed by atoms with Gasteiger partial charge >= 0.3 is 0 Å². The molecular formula is C15H14N2O2S. The van der Waals surface area contributed by atoms with Crippen LogP contribution in [0.3, 0.4) is 0 Å².